The van der Waals surface area contributed by atoms with Gasteiger partial charge in [-0.15, -0.1) is 0 Å². The van der Waals surface area contributed by atoms with Crippen LogP contribution >= 0.6 is 15.9 Å². The van der Waals surface area contributed by atoms with Crippen molar-refractivity contribution in [3.8, 4) is 5.75 Å². The lowest BCUT2D eigenvalue weighted by Crippen LogP contribution is -2.40. The summed E-state index contributed by atoms with van der Waals surface area (Å²) in [4.78, 5) is 23.2. The first-order valence-electron chi connectivity index (χ1n) is 6.37. The first-order chi connectivity index (χ1) is 9.79. The van der Waals surface area contributed by atoms with E-state index >= 15 is 0 Å². The molecule has 0 aliphatic carbocycles. The monoisotopic (exact) mass is 361 g/mol. The second-order valence-electron chi connectivity index (χ2n) is 4.66. The van der Waals surface area contributed by atoms with Crippen molar-refractivity contribution in [2.45, 2.75) is 32.9 Å². The molecule has 1 rings (SSSR count). The van der Waals surface area contributed by atoms with E-state index in [0.29, 0.717) is 10.2 Å². The number of ether oxygens (including phenoxy) is 2. The molecule has 1 N–H and O–H groups in total. The van der Waals surface area contributed by atoms with Crippen molar-refractivity contribution in [2.75, 3.05) is 6.61 Å². The number of carbonyl (C=O) groups excluding carboxylic acids is 2. The van der Waals surface area contributed by atoms with E-state index in [-0.39, 0.29) is 18.6 Å². The molecule has 0 fully saturated rings. The van der Waals surface area contributed by atoms with Gasteiger partial charge < -0.3 is 14.8 Å². The molecule has 1 aromatic carbocycles. The molecule has 7 heteroatoms. The largest absolute Gasteiger partial charge is 0.481 e. The fraction of sp³-hybridized carbons (Fsp3) is 0.429. The first kappa shape index (κ1) is 17.4. The highest BCUT2D eigenvalue weighted by atomic mass is 79.9. The van der Waals surface area contributed by atoms with Gasteiger partial charge in [-0.1, -0.05) is 0 Å². The van der Waals surface area contributed by atoms with E-state index in [1.807, 2.05) is 13.8 Å². The van der Waals surface area contributed by atoms with Crippen LogP contribution in [0.15, 0.2) is 22.7 Å². The predicted octanol–water partition coefficient (Wildman–Crippen LogP) is 2.42. The number of hydrogen-bond donors (Lipinski definition) is 1. The number of halogens is 2. The van der Waals surface area contributed by atoms with Gasteiger partial charge in [0.25, 0.3) is 5.91 Å². The van der Waals surface area contributed by atoms with E-state index in [1.165, 1.54) is 25.1 Å². The van der Waals surface area contributed by atoms with Crippen LogP contribution in [-0.4, -0.2) is 30.6 Å². The summed E-state index contributed by atoms with van der Waals surface area (Å²) in [6.45, 7) is 4.72. The second-order valence-corrected chi connectivity index (χ2v) is 5.51. The van der Waals surface area contributed by atoms with Gasteiger partial charge >= 0.3 is 5.97 Å². The first-order valence-corrected chi connectivity index (χ1v) is 7.16. The number of esters is 1. The van der Waals surface area contributed by atoms with Gasteiger partial charge in [0.15, 0.2) is 12.7 Å². The molecular weight excluding hydrogens is 345 g/mol. The van der Waals surface area contributed by atoms with E-state index in [2.05, 4.69) is 21.2 Å². The molecule has 1 amide bonds. The van der Waals surface area contributed by atoms with Gasteiger partial charge in [0.05, 0.1) is 4.47 Å². The van der Waals surface area contributed by atoms with Crippen LogP contribution in [0.3, 0.4) is 0 Å². The summed E-state index contributed by atoms with van der Waals surface area (Å²) in [5.41, 5.74) is 0. The van der Waals surface area contributed by atoms with Crippen LogP contribution in [0.4, 0.5) is 4.39 Å². The van der Waals surface area contributed by atoms with Crippen molar-refractivity contribution < 1.29 is 23.5 Å². The summed E-state index contributed by atoms with van der Waals surface area (Å²) in [6.07, 6.45) is -0.903. The summed E-state index contributed by atoms with van der Waals surface area (Å²) in [5.74, 6) is -1.16. The van der Waals surface area contributed by atoms with Crippen molar-refractivity contribution in [1.82, 2.24) is 5.32 Å². The van der Waals surface area contributed by atoms with E-state index in [4.69, 9.17) is 9.47 Å². The van der Waals surface area contributed by atoms with Crippen molar-refractivity contribution in [3.63, 3.8) is 0 Å². The molecule has 21 heavy (non-hydrogen) atoms. The van der Waals surface area contributed by atoms with Crippen molar-refractivity contribution >= 4 is 27.8 Å². The third-order valence-electron chi connectivity index (χ3n) is 2.35. The smallest absolute Gasteiger partial charge is 0.344 e. The molecule has 0 radical (unpaired) electrons. The number of rotatable bonds is 6. The minimum Gasteiger partial charge on any atom is -0.481 e. The summed E-state index contributed by atoms with van der Waals surface area (Å²) >= 11 is 3.12. The van der Waals surface area contributed by atoms with Crippen LogP contribution in [0.2, 0.25) is 0 Å². The number of benzene rings is 1. The SMILES string of the molecule is CC(C)NC(=O)C(C)OC(=O)COc1ccc(F)cc1Br. The van der Waals surface area contributed by atoms with Crippen LogP contribution in [0.25, 0.3) is 0 Å². The Kier molecular flexibility index (Phi) is 6.61. The molecule has 0 aromatic heterocycles. The quantitative estimate of drug-likeness (QED) is 0.790. The van der Waals surface area contributed by atoms with Crippen molar-refractivity contribution in [3.05, 3.63) is 28.5 Å². The molecule has 5 nitrogen and oxygen atoms in total. The molecule has 0 bridgehead atoms. The summed E-state index contributed by atoms with van der Waals surface area (Å²) < 4.78 is 23.4. The maximum absolute atomic E-state index is 12.9. The average Bonchev–Trinajstić information content (AvgIpc) is 2.36. The van der Waals surface area contributed by atoms with Gasteiger partial charge in [-0.2, -0.15) is 0 Å². The maximum atomic E-state index is 12.9. The van der Waals surface area contributed by atoms with Crippen LogP contribution in [-0.2, 0) is 14.3 Å². The topological polar surface area (TPSA) is 64.6 Å². The third kappa shape index (κ3) is 6.12. The lowest BCUT2D eigenvalue weighted by molar-refractivity contribution is -0.156. The molecule has 1 atom stereocenters. The zero-order chi connectivity index (χ0) is 16.0. The molecule has 116 valence electrons. The van der Waals surface area contributed by atoms with Gasteiger partial charge in [0.2, 0.25) is 0 Å². The molecule has 0 heterocycles. The summed E-state index contributed by atoms with van der Waals surface area (Å²) in [5, 5.41) is 2.63. The Morgan fingerprint density at radius 3 is 2.57 bits per heavy atom. The highest BCUT2D eigenvalue weighted by molar-refractivity contribution is 9.10. The Morgan fingerprint density at radius 1 is 1.33 bits per heavy atom. The highest BCUT2D eigenvalue weighted by Gasteiger charge is 2.18. The Labute approximate surface area is 130 Å². The zero-order valence-corrected chi connectivity index (χ0v) is 13.6. The van der Waals surface area contributed by atoms with E-state index in [0.717, 1.165) is 0 Å². The summed E-state index contributed by atoms with van der Waals surface area (Å²) in [7, 11) is 0. The van der Waals surface area contributed by atoms with Crippen LogP contribution < -0.4 is 10.1 Å². The average molecular weight is 362 g/mol. The third-order valence-corrected chi connectivity index (χ3v) is 2.97. The van der Waals surface area contributed by atoms with Gasteiger partial charge in [-0.25, -0.2) is 9.18 Å². The van der Waals surface area contributed by atoms with Crippen LogP contribution in [0, 0.1) is 5.82 Å². The Bertz CT molecular complexity index is 522. The lowest BCUT2D eigenvalue weighted by Gasteiger charge is -2.15. The van der Waals surface area contributed by atoms with Gasteiger partial charge in [0.1, 0.15) is 11.6 Å². The van der Waals surface area contributed by atoms with Gasteiger partial charge in [0, 0.05) is 6.04 Å². The summed E-state index contributed by atoms with van der Waals surface area (Å²) in [6, 6.07) is 3.79. The Hall–Kier alpha value is -1.63. The predicted molar refractivity (Wildman–Crippen MR) is 78.4 cm³/mol. The normalized spacial score (nSPS) is 11.9. The zero-order valence-electron chi connectivity index (χ0n) is 12.0. The Balaban J connectivity index is 2.45. The van der Waals surface area contributed by atoms with Crippen LogP contribution in [0.1, 0.15) is 20.8 Å². The number of carbonyl (C=O) groups is 2. The minimum atomic E-state index is -0.903. The molecule has 0 aliphatic heterocycles. The van der Waals surface area contributed by atoms with Crippen LogP contribution in [0.5, 0.6) is 5.75 Å². The fourth-order valence-corrected chi connectivity index (χ4v) is 1.88. The van der Waals surface area contributed by atoms with Crippen molar-refractivity contribution in [2.24, 2.45) is 0 Å². The van der Waals surface area contributed by atoms with E-state index in [9.17, 15) is 14.0 Å². The second kappa shape index (κ2) is 7.97. The molecule has 1 unspecified atom stereocenters. The molecule has 1 aromatic rings. The molecule has 0 saturated carbocycles. The number of amides is 1. The number of nitrogens with one attached hydrogen (secondary N) is 1. The molecular formula is C14H17BrFNO4. The van der Waals surface area contributed by atoms with Gasteiger partial charge in [-0.05, 0) is 54.9 Å². The van der Waals surface area contributed by atoms with E-state index < -0.39 is 17.9 Å². The molecule has 0 saturated heterocycles. The van der Waals surface area contributed by atoms with E-state index in [1.54, 1.807) is 0 Å². The highest BCUT2D eigenvalue weighted by Crippen LogP contribution is 2.25. The Morgan fingerprint density at radius 2 is 2.00 bits per heavy atom. The standard InChI is InChI=1S/C14H17BrFNO4/c1-8(2)17-14(19)9(3)21-13(18)7-20-12-5-4-10(16)6-11(12)15/h4-6,8-9H,7H2,1-3H3,(H,17,19). The van der Waals surface area contributed by atoms with Crippen molar-refractivity contribution in [1.29, 1.82) is 0 Å². The minimum absolute atomic E-state index is 0.0370. The maximum Gasteiger partial charge on any atom is 0.344 e. The fourth-order valence-electron chi connectivity index (χ4n) is 1.42. The lowest BCUT2D eigenvalue weighted by atomic mass is 10.3. The number of hydrogen-bond acceptors (Lipinski definition) is 4. The molecule has 0 aliphatic rings. The molecule has 0 spiro atoms. The van der Waals surface area contributed by atoms with Gasteiger partial charge in [-0.3, -0.25) is 4.79 Å².